The fraction of sp³-hybridized carbons (Fsp3) is 0.375. The normalized spacial score (nSPS) is 12.0. The molecule has 5 heteroatoms. The van der Waals surface area contributed by atoms with Gasteiger partial charge in [0.15, 0.2) is 0 Å². The van der Waals surface area contributed by atoms with E-state index in [0.717, 1.165) is 22.8 Å². The molecule has 0 aliphatic heterocycles. The zero-order valence-corrected chi connectivity index (χ0v) is 13.6. The summed E-state index contributed by atoms with van der Waals surface area (Å²) in [5.74, 6) is 2.24. The quantitative estimate of drug-likeness (QED) is 0.848. The van der Waals surface area contributed by atoms with Gasteiger partial charge in [-0.1, -0.05) is 6.07 Å². The number of hydrogen-bond donors (Lipinski definition) is 1. The molecule has 0 radical (unpaired) electrons. The fourth-order valence-electron chi connectivity index (χ4n) is 2.15. The van der Waals surface area contributed by atoms with Gasteiger partial charge >= 0.3 is 0 Å². The lowest BCUT2D eigenvalue weighted by atomic mass is 10.1. The predicted octanol–water partition coefficient (Wildman–Crippen LogP) is 3.62. The third-order valence-corrected chi connectivity index (χ3v) is 4.43. The second-order valence-corrected chi connectivity index (χ2v) is 5.61. The van der Waals surface area contributed by atoms with Crippen molar-refractivity contribution in [1.82, 2.24) is 5.32 Å². The summed E-state index contributed by atoms with van der Waals surface area (Å²) in [7, 11) is 4.94. The van der Waals surface area contributed by atoms with Crippen molar-refractivity contribution in [2.24, 2.45) is 0 Å². The van der Waals surface area contributed by atoms with Gasteiger partial charge in [0, 0.05) is 29.6 Å². The predicted molar refractivity (Wildman–Crippen MR) is 85.7 cm³/mol. The highest BCUT2D eigenvalue weighted by atomic mass is 32.1. The molecule has 4 nitrogen and oxygen atoms in total. The monoisotopic (exact) mass is 307 g/mol. The molecule has 0 saturated heterocycles. The molecule has 1 aromatic carbocycles. The minimum Gasteiger partial charge on any atom is -0.496 e. The number of rotatable bonds is 7. The lowest BCUT2D eigenvalue weighted by molar-refractivity contribution is 0.365. The van der Waals surface area contributed by atoms with E-state index in [2.05, 4.69) is 29.8 Å². The number of benzene rings is 1. The smallest absolute Gasteiger partial charge is 0.130 e. The van der Waals surface area contributed by atoms with Crippen LogP contribution in [0.3, 0.4) is 0 Å². The second-order valence-electron chi connectivity index (χ2n) is 4.63. The SMILES string of the molecule is COc1cc(OC)c(CN[C@@H](C)c2cccs2)c(OC)c1. The van der Waals surface area contributed by atoms with E-state index in [9.17, 15) is 0 Å². The molecule has 0 amide bonds. The molecule has 0 aliphatic carbocycles. The van der Waals surface area contributed by atoms with Crippen LogP contribution in [0.25, 0.3) is 0 Å². The highest BCUT2D eigenvalue weighted by Gasteiger charge is 2.14. The van der Waals surface area contributed by atoms with Crippen molar-refractivity contribution in [2.45, 2.75) is 19.5 Å². The Morgan fingerprint density at radius 3 is 2.24 bits per heavy atom. The van der Waals surface area contributed by atoms with Gasteiger partial charge in [0.05, 0.1) is 26.9 Å². The Bertz CT molecular complexity index is 544. The van der Waals surface area contributed by atoms with Crippen molar-refractivity contribution >= 4 is 11.3 Å². The van der Waals surface area contributed by atoms with E-state index < -0.39 is 0 Å². The maximum Gasteiger partial charge on any atom is 0.130 e. The standard InChI is InChI=1S/C16H21NO3S/c1-11(16-6-5-7-21-16)17-10-13-14(19-3)8-12(18-2)9-15(13)20-4/h5-9,11,17H,10H2,1-4H3/t11-/m0/s1. The summed E-state index contributed by atoms with van der Waals surface area (Å²) in [6.07, 6.45) is 0. The zero-order chi connectivity index (χ0) is 15.2. The van der Waals surface area contributed by atoms with Crippen LogP contribution in [0, 0.1) is 0 Å². The van der Waals surface area contributed by atoms with Crippen molar-refractivity contribution in [3.8, 4) is 17.2 Å². The molecule has 2 aromatic rings. The first kappa shape index (κ1) is 15.7. The van der Waals surface area contributed by atoms with E-state index in [1.807, 2.05) is 12.1 Å². The molecule has 2 rings (SSSR count). The third kappa shape index (κ3) is 3.68. The van der Waals surface area contributed by atoms with Crippen molar-refractivity contribution in [2.75, 3.05) is 21.3 Å². The number of thiophene rings is 1. The molecule has 0 bridgehead atoms. The summed E-state index contributed by atoms with van der Waals surface area (Å²) in [5.41, 5.74) is 0.990. The topological polar surface area (TPSA) is 39.7 Å². The summed E-state index contributed by atoms with van der Waals surface area (Å²) < 4.78 is 16.2. The Morgan fingerprint density at radius 1 is 1.10 bits per heavy atom. The maximum absolute atomic E-state index is 5.46. The molecule has 114 valence electrons. The van der Waals surface area contributed by atoms with Crippen LogP contribution in [0.2, 0.25) is 0 Å². The minimum atomic E-state index is 0.279. The molecule has 1 atom stereocenters. The summed E-state index contributed by atoms with van der Waals surface area (Å²) in [6.45, 7) is 2.81. The molecule has 0 fully saturated rings. The number of methoxy groups -OCH3 is 3. The van der Waals surface area contributed by atoms with Crippen LogP contribution in [-0.2, 0) is 6.54 Å². The third-order valence-electron chi connectivity index (χ3n) is 3.37. The lowest BCUT2D eigenvalue weighted by Gasteiger charge is -2.18. The molecular formula is C16H21NO3S. The van der Waals surface area contributed by atoms with Crippen molar-refractivity contribution in [1.29, 1.82) is 0 Å². The molecule has 0 spiro atoms. The van der Waals surface area contributed by atoms with Crippen LogP contribution in [-0.4, -0.2) is 21.3 Å². The summed E-state index contributed by atoms with van der Waals surface area (Å²) in [5, 5.41) is 5.58. The van der Waals surface area contributed by atoms with E-state index in [0.29, 0.717) is 6.54 Å². The van der Waals surface area contributed by atoms with Gasteiger partial charge in [-0.05, 0) is 18.4 Å². The van der Waals surface area contributed by atoms with E-state index in [1.54, 1.807) is 32.7 Å². The van der Waals surface area contributed by atoms with Crippen molar-refractivity contribution < 1.29 is 14.2 Å². The maximum atomic E-state index is 5.46. The number of hydrogen-bond acceptors (Lipinski definition) is 5. The summed E-state index contributed by atoms with van der Waals surface area (Å²) in [4.78, 5) is 1.31. The van der Waals surface area contributed by atoms with E-state index in [-0.39, 0.29) is 6.04 Å². The van der Waals surface area contributed by atoms with Gasteiger partial charge < -0.3 is 19.5 Å². The van der Waals surface area contributed by atoms with Gasteiger partial charge in [-0.25, -0.2) is 0 Å². The van der Waals surface area contributed by atoms with Gasteiger partial charge in [-0.2, -0.15) is 0 Å². The molecular weight excluding hydrogens is 286 g/mol. The molecule has 0 saturated carbocycles. The molecule has 0 aliphatic rings. The Hall–Kier alpha value is -1.72. The van der Waals surface area contributed by atoms with Gasteiger partial charge in [-0.15, -0.1) is 11.3 Å². The average Bonchev–Trinajstić information content (AvgIpc) is 3.06. The van der Waals surface area contributed by atoms with E-state index in [1.165, 1.54) is 4.88 Å². The Labute approximate surface area is 129 Å². The molecule has 0 unspecified atom stereocenters. The van der Waals surface area contributed by atoms with Crippen LogP contribution in [0.1, 0.15) is 23.4 Å². The van der Waals surface area contributed by atoms with E-state index >= 15 is 0 Å². The van der Waals surface area contributed by atoms with Crippen LogP contribution < -0.4 is 19.5 Å². The Kier molecular flexibility index (Phi) is 5.47. The van der Waals surface area contributed by atoms with Gasteiger partial charge in [0.25, 0.3) is 0 Å². The van der Waals surface area contributed by atoms with E-state index in [4.69, 9.17) is 14.2 Å². The van der Waals surface area contributed by atoms with Crippen LogP contribution in [0.15, 0.2) is 29.6 Å². The first-order valence-corrected chi connectivity index (χ1v) is 7.63. The average molecular weight is 307 g/mol. The largest absolute Gasteiger partial charge is 0.496 e. The first-order valence-electron chi connectivity index (χ1n) is 6.75. The highest BCUT2D eigenvalue weighted by Crippen LogP contribution is 2.34. The lowest BCUT2D eigenvalue weighted by Crippen LogP contribution is -2.18. The van der Waals surface area contributed by atoms with Crippen LogP contribution >= 0.6 is 11.3 Å². The fourth-order valence-corrected chi connectivity index (χ4v) is 2.90. The first-order chi connectivity index (χ1) is 10.2. The van der Waals surface area contributed by atoms with Crippen molar-refractivity contribution in [3.05, 3.63) is 40.1 Å². The summed E-state index contributed by atoms with van der Waals surface area (Å²) >= 11 is 1.75. The molecule has 1 aromatic heterocycles. The van der Waals surface area contributed by atoms with Crippen LogP contribution in [0.5, 0.6) is 17.2 Å². The molecule has 1 heterocycles. The van der Waals surface area contributed by atoms with Gasteiger partial charge in [-0.3, -0.25) is 0 Å². The molecule has 1 N–H and O–H groups in total. The number of nitrogens with one attached hydrogen (secondary N) is 1. The van der Waals surface area contributed by atoms with Crippen LogP contribution in [0.4, 0.5) is 0 Å². The summed E-state index contributed by atoms with van der Waals surface area (Å²) in [6, 6.07) is 8.21. The Morgan fingerprint density at radius 2 is 1.76 bits per heavy atom. The Balaban J connectivity index is 2.18. The van der Waals surface area contributed by atoms with Crippen molar-refractivity contribution in [3.63, 3.8) is 0 Å². The minimum absolute atomic E-state index is 0.279. The zero-order valence-electron chi connectivity index (χ0n) is 12.8. The second kappa shape index (κ2) is 7.33. The molecule has 21 heavy (non-hydrogen) atoms. The highest BCUT2D eigenvalue weighted by molar-refractivity contribution is 7.10. The number of ether oxygens (including phenoxy) is 3. The van der Waals surface area contributed by atoms with Gasteiger partial charge in [0.2, 0.25) is 0 Å². The van der Waals surface area contributed by atoms with Gasteiger partial charge in [0.1, 0.15) is 17.2 Å².